The van der Waals surface area contributed by atoms with E-state index in [-0.39, 0.29) is 5.82 Å². The molecule has 0 saturated carbocycles. The van der Waals surface area contributed by atoms with Gasteiger partial charge in [-0.25, -0.2) is 4.39 Å². The molecule has 1 unspecified atom stereocenters. The standard InChI is InChI=1S/C13H17BrFNS/c14-13-4-3-12(15)6-11(13)8-16-7-10-2-1-5-17-9-10/h3-4,6,10,16H,1-2,5,7-9H2. The Morgan fingerprint density at radius 3 is 3.12 bits per heavy atom. The van der Waals surface area contributed by atoms with Gasteiger partial charge in [-0.15, -0.1) is 0 Å². The van der Waals surface area contributed by atoms with E-state index in [2.05, 4.69) is 21.2 Å². The maximum absolute atomic E-state index is 13.1. The molecule has 2 rings (SSSR count). The first-order chi connectivity index (χ1) is 8.25. The van der Waals surface area contributed by atoms with Crippen LogP contribution in [0.4, 0.5) is 4.39 Å². The molecule has 1 aliphatic heterocycles. The summed E-state index contributed by atoms with van der Waals surface area (Å²) in [6.07, 6.45) is 2.66. The van der Waals surface area contributed by atoms with Gasteiger partial charge in [-0.1, -0.05) is 15.9 Å². The van der Waals surface area contributed by atoms with Crippen LogP contribution in [0.25, 0.3) is 0 Å². The van der Waals surface area contributed by atoms with Crippen LogP contribution in [0.15, 0.2) is 22.7 Å². The molecule has 1 heterocycles. The van der Waals surface area contributed by atoms with E-state index in [1.165, 1.54) is 30.4 Å². The number of nitrogens with one attached hydrogen (secondary N) is 1. The van der Waals surface area contributed by atoms with E-state index in [4.69, 9.17) is 0 Å². The third-order valence-corrected chi connectivity index (χ3v) is 5.07. The van der Waals surface area contributed by atoms with Crippen LogP contribution in [-0.2, 0) is 6.54 Å². The molecule has 1 saturated heterocycles. The summed E-state index contributed by atoms with van der Waals surface area (Å²) in [7, 11) is 0. The molecule has 4 heteroatoms. The predicted octanol–water partition coefficient (Wildman–Crippen LogP) is 3.82. The summed E-state index contributed by atoms with van der Waals surface area (Å²) >= 11 is 5.49. The monoisotopic (exact) mass is 317 g/mol. The van der Waals surface area contributed by atoms with Gasteiger partial charge in [0.2, 0.25) is 0 Å². The highest BCUT2D eigenvalue weighted by atomic mass is 79.9. The molecular formula is C13H17BrFNS. The molecule has 1 nitrogen and oxygen atoms in total. The van der Waals surface area contributed by atoms with Crippen LogP contribution in [0, 0.1) is 11.7 Å². The lowest BCUT2D eigenvalue weighted by atomic mass is 10.1. The van der Waals surface area contributed by atoms with E-state index in [0.717, 1.165) is 29.0 Å². The van der Waals surface area contributed by atoms with Crippen LogP contribution >= 0.6 is 27.7 Å². The molecule has 1 aromatic carbocycles. The normalized spacial score (nSPS) is 20.5. The van der Waals surface area contributed by atoms with Gasteiger partial charge in [0, 0.05) is 11.0 Å². The Hall–Kier alpha value is -0.0600. The molecule has 0 bridgehead atoms. The van der Waals surface area contributed by atoms with Gasteiger partial charge in [0.05, 0.1) is 0 Å². The average molecular weight is 318 g/mol. The van der Waals surface area contributed by atoms with Crippen molar-refractivity contribution in [1.82, 2.24) is 5.32 Å². The van der Waals surface area contributed by atoms with Gasteiger partial charge in [0.1, 0.15) is 5.82 Å². The summed E-state index contributed by atoms with van der Waals surface area (Å²) in [5, 5.41) is 3.43. The molecule has 1 aromatic rings. The van der Waals surface area contributed by atoms with E-state index in [0.29, 0.717) is 0 Å². The fourth-order valence-corrected chi connectivity index (χ4v) is 3.60. The molecule has 0 aliphatic carbocycles. The largest absolute Gasteiger partial charge is 0.312 e. The Labute approximate surface area is 115 Å². The highest BCUT2D eigenvalue weighted by Crippen LogP contribution is 2.22. The van der Waals surface area contributed by atoms with Crippen LogP contribution in [0.3, 0.4) is 0 Å². The number of hydrogen-bond donors (Lipinski definition) is 1. The highest BCUT2D eigenvalue weighted by Gasteiger charge is 2.13. The number of halogens is 2. The molecule has 17 heavy (non-hydrogen) atoms. The van der Waals surface area contributed by atoms with Crippen LogP contribution in [-0.4, -0.2) is 18.1 Å². The number of benzene rings is 1. The van der Waals surface area contributed by atoms with Crippen molar-refractivity contribution < 1.29 is 4.39 Å². The van der Waals surface area contributed by atoms with E-state index >= 15 is 0 Å². The van der Waals surface area contributed by atoms with Crippen molar-refractivity contribution in [3.63, 3.8) is 0 Å². The summed E-state index contributed by atoms with van der Waals surface area (Å²) in [5.74, 6) is 3.18. The molecule has 1 atom stereocenters. The molecule has 0 spiro atoms. The third-order valence-electron chi connectivity index (χ3n) is 3.01. The first kappa shape index (κ1) is 13.4. The highest BCUT2D eigenvalue weighted by molar-refractivity contribution is 9.10. The lowest BCUT2D eigenvalue weighted by molar-refractivity contribution is 0.474. The van der Waals surface area contributed by atoms with Crippen molar-refractivity contribution in [3.05, 3.63) is 34.1 Å². The first-order valence-corrected chi connectivity index (χ1v) is 7.93. The Morgan fingerprint density at radius 2 is 2.35 bits per heavy atom. The summed E-state index contributed by atoms with van der Waals surface area (Å²) in [6, 6.07) is 4.83. The molecule has 1 aliphatic rings. The first-order valence-electron chi connectivity index (χ1n) is 5.98. The maximum atomic E-state index is 13.1. The van der Waals surface area contributed by atoms with Crippen molar-refractivity contribution in [2.24, 2.45) is 5.92 Å². The summed E-state index contributed by atoms with van der Waals surface area (Å²) in [5.41, 5.74) is 0.994. The van der Waals surface area contributed by atoms with Crippen LogP contribution in [0.5, 0.6) is 0 Å². The topological polar surface area (TPSA) is 12.0 Å². The fourth-order valence-electron chi connectivity index (χ4n) is 2.06. The Kier molecular flexibility index (Phi) is 5.32. The lowest BCUT2D eigenvalue weighted by Crippen LogP contribution is -2.26. The minimum absolute atomic E-state index is 0.168. The number of rotatable bonds is 4. The average Bonchev–Trinajstić information content (AvgIpc) is 2.35. The molecule has 1 fully saturated rings. The molecule has 1 N–H and O–H groups in total. The van der Waals surface area contributed by atoms with Crippen LogP contribution < -0.4 is 5.32 Å². The van der Waals surface area contributed by atoms with Gasteiger partial charge in [0.25, 0.3) is 0 Å². The summed E-state index contributed by atoms with van der Waals surface area (Å²) in [6.45, 7) is 1.77. The van der Waals surface area contributed by atoms with Crippen LogP contribution in [0.2, 0.25) is 0 Å². The summed E-state index contributed by atoms with van der Waals surface area (Å²) < 4.78 is 14.1. The minimum Gasteiger partial charge on any atom is -0.312 e. The molecule has 0 amide bonds. The van der Waals surface area contributed by atoms with E-state index in [9.17, 15) is 4.39 Å². The van der Waals surface area contributed by atoms with Crippen molar-refractivity contribution in [3.8, 4) is 0 Å². The molecular weight excluding hydrogens is 301 g/mol. The second-order valence-corrected chi connectivity index (χ2v) is 6.45. The van der Waals surface area contributed by atoms with Crippen molar-refractivity contribution in [1.29, 1.82) is 0 Å². The zero-order valence-electron chi connectivity index (χ0n) is 9.72. The van der Waals surface area contributed by atoms with Crippen molar-refractivity contribution >= 4 is 27.7 Å². The maximum Gasteiger partial charge on any atom is 0.123 e. The van der Waals surface area contributed by atoms with E-state index in [1.54, 1.807) is 12.1 Å². The zero-order chi connectivity index (χ0) is 12.1. The van der Waals surface area contributed by atoms with Gasteiger partial charge in [0.15, 0.2) is 0 Å². The van der Waals surface area contributed by atoms with Crippen molar-refractivity contribution in [2.45, 2.75) is 19.4 Å². The minimum atomic E-state index is -0.168. The summed E-state index contributed by atoms with van der Waals surface area (Å²) in [4.78, 5) is 0. The number of thioether (sulfide) groups is 1. The Morgan fingerprint density at radius 1 is 1.47 bits per heavy atom. The fraction of sp³-hybridized carbons (Fsp3) is 0.538. The van der Waals surface area contributed by atoms with E-state index in [1.807, 2.05) is 11.8 Å². The van der Waals surface area contributed by atoms with Gasteiger partial charge >= 0.3 is 0 Å². The van der Waals surface area contributed by atoms with Crippen LogP contribution in [0.1, 0.15) is 18.4 Å². The predicted molar refractivity (Wildman–Crippen MR) is 75.9 cm³/mol. The second kappa shape index (κ2) is 6.76. The van der Waals surface area contributed by atoms with E-state index < -0.39 is 0 Å². The second-order valence-electron chi connectivity index (χ2n) is 4.45. The van der Waals surface area contributed by atoms with Gasteiger partial charge in [-0.2, -0.15) is 11.8 Å². The molecule has 0 radical (unpaired) electrons. The van der Waals surface area contributed by atoms with Gasteiger partial charge in [-0.05, 0) is 60.6 Å². The molecule has 94 valence electrons. The quantitative estimate of drug-likeness (QED) is 0.906. The Balaban J connectivity index is 1.79. The third kappa shape index (κ3) is 4.27. The number of hydrogen-bond acceptors (Lipinski definition) is 2. The lowest BCUT2D eigenvalue weighted by Gasteiger charge is -2.21. The van der Waals surface area contributed by atoms with Gasteiger partial charge < -0.3 is 5.32 Å². The molecule has 0 aromatic heterocycles. The SMILES string of the molecule is Fc1ccc(Br)c(CNCC2CCCSC2)c1. The Bertz CT molecular complexity index is 366. The van der Waals surface area contributed by atoms with Crippen molar-refractivity contribution in [2.75, 3.05) is 18.1 Å². The zero-order valence-corrected chi connectivity index (χ0v) is 12.1. The smallest absolute Gasteiger partial charge is 0.123 e. The van der Waals surface area contributed by atoms with Gasteiger partial charge in [-0.3, -0.25) is 0 Å².